The molecule has 0 aliphatic rings. The normalized spacial score (nSPS) is 11.4. The second kappa shape index (κ2) is 8.84. The summed E-state index contributed by atoms with van der Waals surface area (Å²) in [7, 11) is 4.21. The van der Waals surface area contributed by atoms with Crippen molar-refractivity contribution in [2.24, 2.45) is 0 Å². The standard InChI is InChI=1S/C19H20FNO5/c1-24-14-8-9-15(17(10-14)25-2)19(23)21-16(11-18(22)26-3)12-4-6-13(20)7-5-12/h4-10,16H,11H2,1-3H3,(H,21,23)/t16-/m0/s1. The number of nitrogens with one attached hydrogen (secondary N) is 1. The molecule has 138 valence electrons. The second-order valence-electron chi connectivity index (χ2n) is 5.42. The smallest absolute Gasteiger partial charge is 0.307 e. The first-order valence-corrected chi connectivity index (χ1v) is 7.83. The van der Waals surface area contributed by atoms with E-state index in [0.29, 0.717) is 17.1 Å². The highest BCUT2D eigenvalue weighted by Gasteiger charge is 2.22. The van der Waals surface area contributed by atoms with Gasteiger partial charge in [0.05, 0.1) is 39.4 Å². The van der Waals surface area contributed by atoms with Crippen molar-refractivity contribution in [3.63, 3.8) is 0 Å². The van der Waals surface area contributed by atoms with Crippen LogP contribution in [0.5, 0.6) is 11.5 Å². The van der Waals surface area contributed by atoms with Crippen molar-refractivity contribution in [2.45, 2.75) is 12.5 Å². The first kappa shape index (κ1) is 19.2. The predicted molar refractivity (Wildman–Crippen MR) is 92.8 cm³/mol. The van der Waals surface area contributed by atoms with Crippen molar-refractivity contribution in [3.05, 3.63) is 59.4 Å². The fourth-order valence-electron chi connectivity index (χ4n) is 2.42. The van der Waals surface area contributed by atoms with E-state index >= 15 is 0 Å². The Bertz CT molecular complexity index is 776. The molecule has 0 aliphatic carbocycles. The lowest BCUT2D eigenvalue weighted by atomic mass is 10.0. The third-order valence-corrected chi connectivity index (χ3v) is 3.83. The van der Waals surface area contributed by atoms with Crippen LogP contribution in [0, 0.1) is 5.82 Å². The summed E-state index contributed by atoms with van der Waals surface area (Å²) in [6.45, 7) is 0. The SMILES string of the molecule is COC(=O)C[C@H](NC(=O)c1ccc(OC)cc1OC)c1ccc(F)cc1. The van der Waals surface area contributed by atoms with Gasteiger partial charge < -0.3 is 19.5 Å². The van der Waals surface area contributed by atoms with Gasteiger partial charge in [0.25, 0.3) is 5.91 Å². The van der Waals surface area contributed by atoms with Crippen molar-refractivity contribution in [2.75, 3.05) is 21.3 Å². The fraction of sp³-hybridized carbons (Fsp3) is 0.263. The highest BCUT2D eigenvalue weighted by atomic mass is 19.1. The maximum absolute atomic E-state index is 13.2. The van der Waals surface area contributed by atoms with E-state index in [1.807, 2.05) is 0 Å². The Kier molecular flexibility index (Phi) is 6.54. The molecule has 0 bridgehead atoms. The summed E-state index contributed by atoms with van der Waals surface area (Å²) in [5.74, 6) is -0.474. The highest BCUT2D eigenvalue weighted by molar-refractivity contribution is 5.97. The lowest BCUT2D eigenvalue weighted by molar-refractivity contribution is -0.141. The van der Waals surface area contributed by atoms with Crippen LogP contribution in [0.4, 0.5) is 4.39 Å². The van der Waals surface area contributed by atoms with Crippen LogP contribution >= 0.6 is 0 Å². The van der Waals surface area contributed by atoms with Crippen LogP contribution in [0.1, 0.15) is 28.4 Å². The quantitative estimate of drug-likeness (QED) is 0.768. The van der Waals surface area contributed by atoms with E-state index in [4.69, 9.17) is 9.47 Å². The van der Waals surface area contributed by atoms with Gasteiger partial charge in [-0.1, -0.05) is 12.1 Å². The van der Waals surface area contributed by atoms with Crippen LogP contribution in [0.3, 0.4) is 0 Å². The average Bonchev–Trinajstić information content (AvgIpc) is 2.67. The van der Waals surface area contributed by atoms with Crippen molar-refractivity contribution in [3.8, 4) is 11.5 Å². The van der Waals surface area contributed by atoms with Crippen LogP contribution in [0.15, 0.2) is 42.5 Å². The lowest BCUT2D eigenvalue weighted by Crippen LogP contribution is -2.30. The summed E-state index contributed by atoms with van der Waals surface area (Å²) in [6, 6.07) is 9.64. The maximum atomic E-state index is 13.2. The maximum Gasteiger partial charge on any atom is 0.307 e. The molecule has 1 N–H and O–H groups in total. The molecule has 6 nitrogen and oxygen atoms in total. The largest absolute Gasteiger partial charge is 0.497 e. The monoisotopic (exact) mass is 361 g/mol. The minimum Gasteiger partial charge on any atom is -0.497 e. The Morgan fingerprint density at radius 3 is 2.31 bits per heavy atom. The van der Waals surface area contributed by atoms with Crippen LogP contribution in [-0.2, 0) is 9.53 Å². The Hall–Kier alpha value is -3.09. The topological polar surface area (TPSA) is 73.9 Å². The van der Waals surface area contributed by atoms with Gasteiger partial charge in [-0.15, -0.1) is 0 Å². The van der Waals surface area contributed by atoms with Gasteiger partial charge in [0.15, 0.2) is 0 Å². The molecular weight excluding hydrogens is 341 g/mol. The molecule has 1 amide bonds. The molecule has 0 unspecified atom stereocenters. The summed E-state index contributed by atoms with van der Waals surface area (Å²) in [5, 5.41) is 2.76. The van der Waals surface area contributed by atoms with Gasteiger partial charge in [0, 0.05) is 6.07 Å². The van der Waals surface area contributed by atoms with E-state index in [2.05, 4.69) is 10.1 Å². The zero-order chi connectivity index (χ0) is 19.1. The number of esters is 1. The van der Waals surface area contributed by atoms with Crippen molar-refractivity contribution < 1.29 is 28.2 Å². The van der Waals surface area contributed by atoms with Gasteiger partial charge in [-0.2, -0.15) is 0 Å². The number of carbonyl (C=O) groups excluding carboxylic acids is 2. The molecule has 2 aromatic carbocycles. The van der Waals surface area contributed by atoms with Crippen LogP contribution in [0.2, 0.25) is 0 Å². The molecule has 0 aromatic heterocycles. The summed E-state index contributed by atoms with van der Waals surface area (Å²) in [6.07, 6.45) is -0.0909. The molecular formula is C19H20FNO5. The molecule has 0 saturated heterocycles. The Labute approximate surface area is 150 Å². The summed E-state index contributed by atoms with van der Waals surface area (Å²) >= 11 is 0. The van der Waals surface area contributed by atoms with Crippen molar-refractivity contribution in [1.29, 1.82) is 0 Å². The Morgan fingerprint density at radius 2 is 1.73 bits per heavy atom. The number of ether oxygens (including phenoxy) is 3. The Balaban J connectivity index is 2.28. The van der Waals surface area contributed by atoms with Gasteiger partial charge >= 0.3 is 5.97 Å². The van der Waals surface area contributed by atoms with Gasteiger partial charge in [-0.05, 0) is 29.8 Å². The minimum atomic E-state index is -0.678. The molecule has 2 aromatic rings. The summed E-state index contributed by atoms with van der Waals surface area (Å²) in [5.41, 5.74) is 0.864. The fourth-order valence-corrected chi connectivity index (χ4v) is 2.42. The molecule has 1 atom stereocenters. The molecule has 0 aliphatic heterocycles. The number of amides is 1. The first-order valence-electron chi connectivity index (χ1n) is 7.83. The molecule has 26 heavy (non-hydrogen) atoms. The number of benzene rings is 2. The number of rotatable bonds is 7. The molecule has 0 radical (unpaired) electrons. The van der Waals surface area contributed by atoms with E-state index in [0.717, 1.165) is 0 Å². The number of carbonyl (C=O) groups is 2. The first-order chi connectivity index (χ1) is 12.5. The van der Waals surface area contributed by atoms with E-state index in [-0.39, 0.29) is 12.0 Å². The number of hydrogen-bond acceptors (Lipinski definition) is 5. The van der Waals surface area contributed by atoms with Crippen LogP contribution in [-0.4, -0.2) is 33.2 Å². The molecule has 0 heterocycles. The molecule has 2 rings (SSSR count). The third kappa shape index (κ3) is 4.72. The lowest BCUT2D eigenvalue weighted by Gasteiger charge is -2.19. The zero-order valence-corrected chi connectivity index (χ0v) is 14.7. The highest BCUT2D eigenvalue weighted by Crippen LogP contribution is 2.26. The summed E-state index contributed by atoms with van der Waals surface area (Å²) < 4.78 is 28.2. The molecule has 0 spiro atoms. The number of halogens is 1. The third-order valence-electron chi connectivity index (χ3n) is 3.83. The predicted octanol–water partition coefficient (Wildman–Crippen LogP) is 2.88. The van der Waals surface area contributed by atoms with Crippen molar-refractivity contribution >= 4 is 11.9 Å². The van der Waals surface area contributed by atoms with Gasteiger partial charge in [-0.25, -0.2) is 4.39 Å². The van der Waals surface area contributed by atoms with Gasteiger partial charge in [-0.3, -0.25) is 9.59 Å². The number of hydrogen-bond donors (Lipinski definition) is 1. The van der Waals surface area contributed by atoms with Crippen LogP contribution in [0.25, 0.3) is 0 Å². The van der Waals surface area contributed by atoms with E-state index < -0.39 is 23.7 Å². The van der Waals surface area contributed by atoms with Gasteiger partial charge in [0.1, 0.15) is 17.3 Å². The van der Waals surface area contributed by atoms with E-state index in [9.17, 15) is 14.0 Å². The minimum absolute atomic E-state index is 0.0909. The molecule has 0 fully saturated rings. The summed E-state index contributed by atoms with van der Waals surface area (Å²) in [4.78, 5) is 24.4. The zero-order valence-electron chi connectivity index (χ0n) is 14.7. The number of methoxy groups -OCH3 is 3. The van der Waals surface area contributed by atoms with E-state index in [1.54, 1.807) is 18.2 Å². The van der Waals surface area contributed by atoms with Crippen LogP contribution < -0.4 is 14.8 Å². The van der Waals surface area contributed by atoms with Crippen molar-refractivity contribution in [1.82, 2.24) is 5.32 Å². The molecule has 0 saturated carbocycles. The van der Waals surface area contributed by atoms with Gasteiger partial charge in [0.2, 0.25) is 0 Å². The Morgan fingerprint density at radius 1 is 1.04 bits per heavy atom. The average molecular weight is 361 g/mol. The molecule has 7 heteroatoms. The second-order valence-corrected chi connectivity index (χ2v) is 5.42. The van der Waals surface area contributed by atoms with E-state index in [1.165, 1.54) is 45.6 Å².